The van der Waals surface area contributed by atoms with Gasteiger partial charge in [-0.05, 0) is 18.6 Å². The molecule has 0 N–H and O–H groups in total. The van der Waals surface area contributed by atoms with Gasteiger partial charge >= 0.3 is 0 Å². The van der Waals surface area contributed by atoms with E-state index in [1.165, 1.54) is 13.1 Å². The first-order valence-corrected chi connectivity index (χ1v) is 5.86. The lowest BCUT2D eigenvalue weighted by Crippen LogP contribution is -1.96. The molecule has 0 aliphatic rings. The molecule has 0 unspecified atom stereocenters. The molecule has 0 radical (unpaired) electrons. The summed E-state index contributed by atoms with van der Waals surface area (Å²) in [7, 11) is 0. The van der Waals surface area contributed by atoms with Crippen LogP contribution in [0.4, 0.5) is 0 Å². The summed E-state index contributed by atoms with van der Waals surface area (Å²) in [6, 6.07) is 3.37. The van der Waals surface area contributed by atoms with Crippen molar-refractivity contribution >= 4 is 5.78 Å². The summed E-state index contributed by atoms with van der Waals surface area (Å²) in [5.74, 6) is 1.20. The molecule has 2 aromatic rings. The minimum Gasteiger partial charge on any atom is -0.452 e. The molecule has 5 heteroatoms. The maximum absolute atomic E-state index is 11.1. The van der Waals surface area contributed by atoms with Crippen molar-refractivity contribution in [3.8, 4) is 11.5 Å². The van der Waals surface area contributed by atoms with Gasteiger partial charge in [-0.2, -0.15) is 5.10 Å². The highest BCUT2D eigenvalue weighted by Crippen LogP contribution is 2.19. The quantitative estimate of drug-likeness (QED) is 0.760. The number of pyridine rings is 1. The Bertz CT molecular complexity index is 531. The molecule has 94 valence electrons. The fourth-order valence-electron chi connectivity index (χ4n) is 1.53. The van der Waals surface area contributed by atoms with E-state index in [-0.39, 0.29) is 5.78 Å². The van der Waals surface area contributed by atoms with Crippen molar-refractivity contribution in [2.45, 2.75) is 26.8 Å². The van der Waals surface area contributed by atoms with Gasteiger partial charge in [0.1, 0.15) is 11.4 Å². The Morgan fingerprint density at radius 2 is 2.17 bits per heavy atom. The van der Waals surface area contributed by atoms with Crippen molar-refractivity contribution < 1.29 is 9.53 Å². The van der Waals surface area contributed by atoms with Gasteiger partial charge in [-0.25, -0.2) is 4.98 Å². The number of ether oxygens (including phenoxy) is 1. The number of rotatable bonds is 5. The monoisotopic (exact) mass is 245 g/mol. The maximum Gasteiger partial charge on any atom is 0.178 e. The van der Waals surface area contributed by atoms with E-state index in [9.17, 15) is 4.79 Å². The fraction of sp³-hybridized carbons (Fsp3) is 0.308. The Labute approximate surface area is 105 Å². The van der Waals surface area contributed by atoms with Crippen LogP contribution < -0.4 is 4.74 Å². The van der Waals surface area contributed by atoms with E-state index >= 15 is 0 Å². The molecule has 18 heavy (non-hydrogen) atoms. The van der Waals surface area contributed by atoms with Gasteiger partial charge in [-0.15, -0.1) is 0 Å². The first-order chi connectivity index (χ1) is 8.69. The molecule has 0 atom stereocenters. The zero-order valence-corrected chi connectivity index (χ0v) is 10.5. The normalized spacial score (nSPS) is 10.3. The third-order valence-corrected chi connectivity index (χ3v) is 2.40. The summed E-state index contributed by atoms with van der Waals surface area (Å²) >= 11 is 0. The largest absolute Gasteiger partial charge is 0.452 e. The van der Waals surface area contributed by atoms with Gasteiger partial charge in [0, 0.05) is 13.5 Å². The summed E-state index contributed by atoms with van der Waals surface area (Å²) in [4.78, 5) is 15.1. The number of Topliss-reactive ketones (excluding diaryl/α,β-unsaturated/α-hetero) is 1. The molecule has 0 spiro atoms. The Kier molecular flexibility index (Phi) is 3.72. The predicted octanol–water partition coefficient (Wildman–Crippen LogP) is 2.68. The van der Waals surface area contributed by atoms with Crippen LogP contribution in [0.5, 0.6) is 11.5 Å². The Hall–Kier alpha value is -2.17. The Balaban J connectivity index is 2.06. The maximum atomic E-state index is 11.1. The van der Waals surface area contributed by atoms with Crippen molar-refractivity contribution in [3.63, 3.8) is 0 Å². The van der Waals surface area contributed by atoms with Crippen LogP contribution in [0.2, 0.25) is 0 Å². The highest BCUT2D eigenvalue weighted by molar-refractivity contribution is 5.92. The number of aromatic nitrogens is 3. The van der Waals surface area contributed by atoms with E-state index in [0.717, 1.165) is 13.0 Å². The van der Waals surface area contributed by atoms with Crippen LogP contribution in [0.15, 0.2) is 30.7 Å². The van der Waals surface area contributed by atoms with E-state index < -0.39 is 0 Å². The summed E-state index contributed by atoms with van der Waals surface area (Å²) in [5.41, 5.74) is 0.434. The molecule has 2 rings (SSSR count). The smallest absolute Gasteiger partial charge is 0.178 e. The standard InChI is InChI=1S/C13H15N3O2/c1-3-6-16-9-12(8-15-16)18-11-4-5-13(10(2)17)14-7-11/h4-5,7-9H,3,6H2,1-2H3. The van der Waals surface area contributed by atoms with Gasteiger partial charge in [0.05, 0.1) is 18.6 Å². The van der Waals surface area contributed by atoms with Crippen molar-refractivity contribution in [1.29, 1.82) is 0 Å². The van der Waals surface area contributed by atoms with E-state index in [4.69, 9.17) is 4.74 Å². The third-order valence-electron chi connectivity index (χ3n) is 2.40. The molecule has 2 aromatic heterocycles. The lowest BCUT2D eigenvalue weighted by atomic mass is 10.3. The van der Waals surface area contributed by atoms with Gasteiger partial charge in [0.25, 0.3) is 0 Å². The van der Waals surface area contributed by atoms with E-state index in [1.54, 1.807) is 18.3 Å². The molecular formula is C13H15N3O2. The first kappa shape index (κ1) is 12.3. The second-order valence-electron chi connectivity index (χ2n) is 3.98. The van der Waals surface area contributed by atoms with Gasteiger partial charge in [-0.3, -0.25) is 9.48 Å². The molecule has 2 heterocycles. The van der Waals surface area contributed by atoms with Crippen LogP contribution >= 0.6 is 0 Å². The van der Waals surface area contributed by atoms with Crippen LogP contribution in [0.25, 0.3) is 0 Å². The summed E-state index contributed by atoms with van der Waals surface area (Å²) in [6.45, 7) is 4.44. The predicted molar refractivity (Wildman–Crippen MR) is 66.8 cm³/mol. The molecule has 0 saturated heterocycles. The molecule has 0 amide bonds. The number of hydrogen-bond donors (Lipinski definition) is 0. The van der Waals surface area contributed by atoms with Gasteiger partial charge in [0.2, 0.25) is 0 Å². The van der Waals surface area contributed by atoms with Crippen molar-refractivity contribution in [1.82, 2.24) is 14.8 Å². The minimum absolute atomic E-state index is 0.0580. The lowest BCUT2D eigenvalue weighted by molar-refractivity contribution is 0.101. The van der Waals surface area contributed by atoms with Crippen LogP contribution in [0, 0.1) is 0 Å². The fourth-order valence-corrected chi connectivity index (χ4v) is 1.53. The number of carbonyl (C=O) groups is 1. The first-order valence-electron chi connectivity index (χ1n) is 5.86. The summed E-state index contributed by atoms with van der Waals surface area (Å²) < 4.78 is 7.41. The van der Waals surface area contributed by atoms with Gasteiger partial charge < -0.3 is 4.74 Å². The molecular weight excluding hydrogens is 230 g/mol. The molecule has 0 aliphatic heterocycles. The number of carbonyl (C=O) groups excluding carboxylic acids is 1. The second kappa shape index (κ2) is 5.44. The SMILES string of the molecule is CCCn1cc(Oc2ccc(C(C)=O)nc2)cn1. The third kappa shape index (κ3) is 2.94. The molecule has 0 aromatic carbocycles. The van der Waals surface area contributed by atoms with Crippen LogP contribution in [-0.4, -0.2) is 20.5 Å². The number of hydrogen-bond acceptors (Lipinski definition) is 4. The van der Waals surface area contributed by atoms with Crippen LogP contribution in [0.3, 0.4) is 0 Å². The minimum atomic E-state index is -0.0580. The van der Waals surface area contributed by atoms with Crippen LogP contribution in [-0.2, 0) is 6.54 Å². The highest BCUT2D eigenvalue weighted by Gasteiger charge is 2.04. The van der Waals surface area contributed by atoms with E-state index in [0.29, 0.717) is 17.2 Å². The van der Waals surface area contributed by atoms with Crippen molar-refractivity contribution in [2.24, 2.45) is 0 Å². The van der Waals surface area contributed by atoms with Crippen LogP contribution in [0.1, 0.15) is 30.8 Å². The number of aryl methyl sites for hydroxylation is 1. The van der Waals surface area contributed by atoms with Gasteiger partial charge in [0.15, 0.2) is 11.5 Å². The number of nitrogens with zero attached hydrogens (tertiary/aromatic N) is 3. The second-order valence-corrected chi connectivity index (χ2v) is 3.98. The highest BCUT2D eigenvalue weighted by atomic mass is 16.5. The Morgan fingerprint density at radius 3 is 2.78 bits per heavy atom. The molecule has 0 fully saturated rings. The molecule has 0 aliphatic carbocycles. The Morgan fingerprint density at radius 1 is 1.33 bits per heavy atom. The zero-order chi connectivity index (χ0) is 13.0. The summed E-state index contributed by atoms with van der Waals surface area (Å²) in [6.07, 6.45) is 6.06. The average Bonchev–Trinajstić information content (AvgIpc) is 2.78. The molecule has 0 saturated carbocycles. The zero-order valence-electron chi connectivity index (χ0n) is 10.5. The molecule has 5 nitrogen and oxygen atoms in total. The lowest BCUT2D eigenvalue weighted by Gasteiger charge is -2.02. The van der Waals surface area contributed by atoms with Gasteiger partial charge in [-0.1, -0.05) is 6.92 Å². The topological polar surface area (TPSA) is 57.0 Å². The molecule has 0 bridgehead atoms. The van der Waals surface area contributed by atoms with E-state index in [1.807, 2.05) is 10.9 Å². The van der Waals surface area contributed by atoms with Crippen molar-refractivity contribution in [2.75, 3.05) is 0 Å². The van der Waals surface area contributed by atoms with E-state index in [2.05, 4.69) is 17.0 Å². The summed E-state index contributed by atoms with van der Waals surface area (Å²) in [5, 5.41) is 4.17. The van der Waals surface area contributed by atoms with Crippen molar-refractivity contribution in [3.05, 3.63) is 36.4 Å². The average molecular weight is 245 g/mol. The number of ketones is 1.